The molecule has 1 saturated heterocycles. The second-order valence-electron chi connectivity index (χ2n) is 12.1. The maximum atomic E-state index is 14.1. The summed E-state index contributed by atoms with van der Waals surface area (Å²) in [6.07, 6.45) is 7.66. The fourth-order valence-corrected chi connectivity index (χ4v) is 7.35. The molecule has 4 atom stereocenters. The van der Waals surface area contributed by atoms with Gasteiger partial charge in [0, 0.05) is 31.2 Å². The molecule has 6 heteroatoms. The van der Waals surface area contributed by atoms with E-state index in [1.54, 1.807) is 7.11 Å². The van der Waals surface area contributed by atoms with E-state index in [2.05, 4.69) is 29.0 Å². The topological polar surface area (TPSA) is 61.9 Å². The van der Waals surface area contributed by atoms with Gasteiger partial charge in [0.2, 0.25) is 5.91 Å². The number of nitrogens with one attached hydrogen (secondary N) is 1. The van der Waals surface area contributed by atoms with Crippen LogP contribution < -0.4 is 10.1 Å². The molecule has 39 heavy (non-hydrogen) atoms. The van der Waals surface area contributed by atoms with Gasteiger partial charge in [0.25, 0.3) is 5.91 Å². The largest absolute Gasteiger partial charge is 0.497 e. The molecule has 0 spiro atoms. The predicted molar refractivity (Wildman–Crippen MR) is 155 cm³/mol. The number of fused-ring (bicyclic) bond motifs is 1. The van der Waals surface area contributed by atoms with Crippen molar-refractivity contribution in [2.45, 2.75) is 76.8 Å². The van der Waals surface area contributed by atoms with Gasteiger partial charge in [0.1, 0.15) is 5.75 Å². The summed E-state index contributed by atoms with van der Waals surface area (Å²) in [7, 11) is 1.66. The van der Waals surface area contributed by atoms with Gasteiger partial charge in [-0.05, 0) is 73.4 Å². The Morgan fingerprint density at radius 3 is 2.36 bits per heavy atom. The zero-order valence-corrected chi connectivity index (χ0v) is 23.9. The predicted octanol–water partition coefficient (Wildman–Crippen LogP) is 5.79. The Kier molecular flexibility index (Phi) is 8.91. The van der Waals surface area contributed by atoms with E-state index < -0.39 is 5.92 Å². The zero-order chi connectivity index (χ0) is 27.4. The van der Waals surface area contributed by atoms with Crippen LogP contribution in [0.15, 0.2) is 48.5 Å². The van der Waals surface area contributed by atoms with Gasteiger partial charge in [-0.25, -0.2) is 0 Å². The number of likely N-dealkylation sites (tertiary alicyclic amines) is 1. The fourth-order valence-electron chi connectivity index (χ4n) is 7.35. The number of benzene rings is 2. The number of nitrogens with zero attached hydrogens (tertiary/aromatic N) is 2. The van der Waals surface area contributed by atoms with Crippen LogP contribution >= 0.6 is 0 Å². The number of hydrogen-bond donors (Lipinski definition) is 1. The Bertz CT molecular complexity index is 1120. The van der Waals surface area contributed by atoms with Crippen molar-refractivity contribution in [1.82, 2.24) is 15.1 Å². The second-order valence-corrected chi connectivity index (χ2v) is 12.1. The van der Waals surface area contributed by atoms with E-state index in [1.807, 2.05) is 48.5 Å². The molecule has 2 heterocycles. The van der Waals surface area contributed by atoms with E-state index in [0.29, 0.717) is 12.1 Å². The lowest BCUT2D eigenvalue weighted by atomic mass is 9.77. The molecule has 0 aromatic heterocycles. The van der Waals surface area contributed by atoms with E-state index in [4.69, 9.17) is 4.74 Å². The maximum absolute atomic E-state index is 14.1. The van der Waals surface area contributed by atoms with Gasteiger partial charge in [0.05, 0.1) is 19.1 Å². The number of carbonyl (C=O) groups excluding carboxylic acids is 2. The van der Waals surface area contributed by atoms with E-state index in [-0.39, 0.29) is 23.9 Å². The van der Waals surface area contributed by atoms with Crippen molar-refractivity contribution in [3.8, 4) is 5.75 Å². The summed E-state index contributed by atoms with van der Waals surface area (Å²) in [6, 6.07) is 15.5. The minimum absolute atomic E-state index is 0.0111. The Labute approximate surface area is 234 Å². The molecule has 210 valence electrons. The third-order valence-corrected chi connectivity index (χ3v) is 8.98. The van der Waals surface area contributed by atoms with Crippen LogP contribution in [0.3, 0.4) is 0 Å². The molecule has 0 unspecified atom stereocenters. The molecule has 2 aromatic rings. The standard InChI is InChI=1S/C33H45N3O3/c1-23-20-24(2)22-35(21-23)19-9-18-34-32(37)30-28-12-7-8-13-29(28)33(38)36(26-10-5-4-6-11-26)31(30)25-14-16-27(39-3)17-15-25/h7-8,12-17,23-24,26,30-31H,4-6,9-11,18-22H2,1-3H3,(H,34,37)/t23-,24-,30-,31-/m1/s1. The lowest BCUT2D eigenvalue weighted by molar-refractivity contribution is -0.124. The van der Waals surface area contributed by atoms with E-state index in [9.17, 15) is 9.59 Å². The Morgan fingerprint density at radius 1 is 0.974 bits per heavy atom. The lowest BCUT2D eigenvalue weighted by Crippen LogP contribution is -2.52. The van der Waals surface area contributed by atoms with Gasteiger partial charge in [-0.1, -0.05) is 63.4 Å². The van der Waals surface area contributed by atoms with Crippen molar-refractivity contribution in [2.75, 3.05) is 33.3 Å². The van der Waals surface area contributed by atoms with Crippen molar-refractivity contribution in [2.24, 2.45) is 11.8 Å². The summed E-state index contributed by atoms with van der Waals surface area (Å²) in [5.74, 6) is 1.84. The van der Waals surface area contributed by atoms with E-state index in [1.165, 1.54) is 12.8 Å². The van der Waals surface area contributed by atoms with Gasteiger partial charge >= 0.3 is 0 Å². The molecule has 3 aliphatic rings. The lowest BCUT2D eigenvalue weighted by Gasteiger charge is -2.46. The smallest absolute Gasteiger partial charge is 0.254 e. The average Bonchev–Trinajstić information content (AvgIpc) is 2.95. The van der Waals surface area contributed by atoms with Crippen molar-refractivity contribution in [1.29, 1.82) is 0 Å². The number of rotatable bonds is 8. The monoisotopic (exact) mass is 531 g/mol. The molecule has 2 amide bonds. The molecular weight excluding hydrogens is 486 g/mol. The second kappa shape index (κ2) is 12.5. The van der Waals surface area contributed by atoms with Gasteiger partial charge in [0.15, 0.2) is 0 Å². The molecular formula is C33H45N3O3. The first-order valence-corrected chi connectivity index (χ1v) is 15.0. The number of methoxy groups -OCH3 is 1. The van der Waals surface area contributed by atoms with E-state index >= 15 is 0 Å². The first-order valence-electron chi connectivity index (χ1n) is 15.0. The van der Waals surface area contributed by atoms with Crippen LogP contribution in [0.4, 0.5) is 0 Å². The minimum Gasteiger partial charge on any atom is -0.497 e. The van der Waals surface area contributed by atoms with Gasteiger partial charge in [-0.2, -0.15) is 0 Å². The number of carbonyl (C=O) groups is 2. The number of ether oxygens (including phenoxy) is 1. The molecule has 0 bridgehead atoms. The van der Waals surface area contributed by atoms with Crippen molar-refractivity contribution in [3.05, 3.63) is 65.2 Å². The van der Waals surface area contributed by atoms with Crippen molar-refractivity contribution in [3.63, 3.8) is 0 Å². The molecule has 1 N–H and O–H groups in total. The Hall–Kier alpha value is -2.86. The van der Waals surface area contributed by atoms with Crippen molar-refractivity contribution < 1.29 is 14.3 Å². The molecule has 6 nitrogen and oxygen atoms in total. The zero-order valence-electron chi connectivity index (χ0n) is 23.9. The van der Waals surface area contributed by atoms with Crippen LogP contribution in [-0.4, -0.2) is 60.9 Å². The highest BCUT2D eigenvalue weighted by Crippen LogP contribution is 2.46. The number of hydrogen-bond acceptors (Lipinski definition) is 4. The highest BCUT2D eigenvalue weighted by molar-refractivity contribution is 6.01. The Morgan fingerprint density at radius 2 is 1.67 bits per heavy atom. The summed E-state index contributed by atoms with van der Waals surface area (Å²) in [4.78, 5) is 32.7. The molecule has 5 rings (SSSR count). The molecule has 2 aliphatic heterocycles. The van der Waals surface area contributed by atoms with Crippen molar-refractivity contribution >= 4 is 11.8 Å². The van der Waals surface area contributed by atoms with E-state index in [0.717, 1.165) is 80.5 Å². The number of piperidine rings is 1. The molecule has 2 fully saturated rings. The van der Waals surface area contributed by atoms with Crippen LogP contribution in [0.5, 0.6) is 5.75 Å². The van der Waals surface area contributed by atoms with Gasteiger partial charge in [-0.15, -0.1) is 0 Å². The molecule has 2 aromatic carbocycles. The fraction of sp³-hybridized carbons (Fsp3) is 0.576. The number of amides is 2. The highest BCUT2D eigenvalue weighted by Gasteiger charge is 2.46. The van der Waals surface area contributed by atoms with Crippen LogP contribution in [0.2, 0.25) is 0 Å². The van der Waals surface area contributed by atoms with Crippen LogP contribution in [0.1, 0.15) is 92.2 Å². The normalized spacial score (nSPS) is 26.2. The van der Waals surface area contributed by atoms with Crippen LogP contribution in [-0.2, 0) is 4.79 Å². The summed E-state index contributed by atoms with van der Waals surface area (Å²) < 4.78 is 5.42. The molecule has 1 saturated carbocycles. The van der Waals surface area contributed by atoms with Crippen LogP contribution in [0.25, 0.3) is 0 Å². The SMILES string of the molecule is COc1ccc([C@@H]2[C@H](C(=O)NCCCN3C[C@H](C)C[C@@H](C)C3)c3ccccc3C(=O)N2C2CCCCC2)cc1. The minimum atomic E-state index is -0.454. The maximum Gasteiger partial charge on any atom is 0.254 e. The van der Waals surface area contributed by atoms with Gasteiger partial charge in [-0.3, -0.25) is 9.59 Å². The third-order valence-electron chi connectivity index (χ3n) is 8.98. The summed E-state index contributed by atoms with van der Waals surface area (Å²) in [5.41, 5.74) is 2.50. The average molecular weight is 532 g/mol. The Balaban J connectivity index is 1.41. The summed E-state index contributed by atoms with van der Waals surface area (Å²) in [6.45, 7) is 8.61. The first-order chi connectivity index (χ1) is 19.0. The van der Waals surface area contributed by atoms with Gasteiger partial charge < -0.3 is 19.9 Å². The quantitative estimate of drug-likeness (QED) is 0.438. The summed E-state index contributed by atoms with van der Waals surface area (Å²) >= 11 is 0. The molecule has 1 aliphatic carbocycles. The van der Waals surface area contributed by atoms with Crippen LogP contribution in [0, 0.1) is 11.8 Å². The third kappa shape index (κ3) is 6.16. The molecule has 0 radical (unpaired) electrons. The first kappa shape index (κ1) is 27.7. The summed E-state index contributed by atoms with van der Waals surface area (Å²) in [5, 5.41) is 3.29. The highest BCUT2D eigenvalue weighted by atomic mass is 16.5.